The Kier molecular flexibility index (Phi) is 4.29. The largest absolute Gasteiger partial charge is 0.395 e. The van der Waals surface area contributed by atoms with Crippen LogP contribution in [-0.4, -0.2) is 57.6 Å². The Morgan fingerprint density at radius 3 is 2.65 bits per heavy atom. The molecule has 0 bridgehead atoms. The molecule has 9 nitrogen and oxygen atoms in total. The molecule has 1 N–H and O–H groups in total. The van der Waals surface area contributed by atoms with E-state index in [9.17, 15) is 4.79 Å². The molecule has 1 aromatic carbocycles. The quantitative estimate of drug-likeness (QED) is 0.717. The lowest BCUT2D eigenvalue weighted by molar-refractivity contribution is 0.274. The number of rotatable bonds is 4. The van der Waals surface area contributed by atoms with Gasteiger partial charge in [0.2, 0.25) is 0 Å². The summed E-state index contributed by atoms with van der Waals surface area (Å²) in [5.74, 6) is 0.634. The van der Waals surface area contributed by atoms with Gasteiger partial charge < -0.3 is 19.4 Å². The fraction of sp³-hybridized carbons (Fsp3) is 0.412. The molecule has 1 aliphatic heterocycles. The first kappa shape index (κ1) is 16.5. The lowest BCUT2D eigenvalue weighted by atomic mass is 10.2. The van der Waals surface area contributed by atoms with E-state index < -0.39 is 0 Å². The lowest BCUT2D eigenvalue weighted by Crippen LogP contribution is -2.46. The number of anilines is 2. The third kappa shape index (κ3) is 3.01. The van der Waals surface area contributed by atoms with E-state index in [1.165, 1.54) is 10.9 Å². The molecule has 26 heavy (non-hydrogen) atoms. The van der Waals surface area contributed by atoms with Crippen LogP contribution in [0.1, 0.15) is 5.82 Å². The topological polar surface area (TPSA) is 101 Å². The van der Waals surface area contributed by atoms with Gasteiger partial charge in [-0.05, 0) is 25.1 Å². The highest BCUT2D eigenvalue weighted by molar-refractivity contribution is 5.81. The number of aliphatic hydroxyl groups is 1. The molecule has 0 spiro atoms. The van der Waals surface area contributed by atoms with Gasteiger partial charge in [-0.1, -0.05) is 5.16 Å². The summed E-state index contributed by atoms with van der Waals surface area (Å²) in [6, 6.07) is 6.25. The van der Waals surface area contributed by atoms with Gasteiger partial charge in [-0.3, -0.25) is 9.36 Å². The van der Waals surface area contributed by atoms with Gasteiger partial charge in [-0.2, -0.15) is 4.98 Å². The molecule has 136 valence electrons. The van der Waals surface area contributed by atoms with E-state index in [0.717, 1.165) is 31.9 Å². The minimum Gasteiger partial charge on any atom is -0.395 e. The maximum absolute atomic E-state index is 12.4. The Labute approximate surface area is 149 Å². The summed E-state index contributed by atoms with van der Waals surface area (Å²) in [4.78, 5) is 25.3. The van der Waals surface area contributed by atoms with E-state index in [-0.39, 0.29) is 18.7 Å². The number of hydrogen-bond donors (Lipinski definition) is 1. The van der Waals surface area contributed by atoms with Crippen molar-refractivity contribution in [2.24, 2.45) is 0 Å². The van der Waals surface area contributed by atoms with Crippen molar-refractivity contribution >= 4 is 22.6 Å². The van der Waals surface area contributed by atoms with Crippen LogP contribution in [0.25, 0.3) is 10.9 Å². The molecule has 0 aliphatic carbocycles. The maximum Gasteiger partial charge on any atom is 0.324 e. The molecule has 0 amide bonds. The van der Waals surface area contributed by atoms with E-state index in [2.05, 4.69) is 24.9 Å². The Morgan fingerprint density at radius 2 is 1.96 bits per heavy atom. The second kappa shape index (κ2) is 6.75. The fourth-order valence-corrected chi connectivity index (χ4v) is 3.18. The van der Waals surface area contributed by atoms with E-state index >= 15 is 0 Å². The Balaban J connectivity index is 1.52. The van der Waals surface area contributed by atoms with Crippen molar-refractivity contribution in [2.45, 2.75) is 13.5 Å². The van der Waals surface area contributed by atoms with Crippen molar-refractivity contribution in [2.75, 3.05) is 42.6 Å². The molecule has 3 heterocycles. The van der Waals surface area contributed by atoms with Crippen LogP contribution in [0.2, 0.25) is 0 Å². The zero-order valence-corrected chi connectivity index (χ0v) is 14.5. The molecule has 0 unspecified atom stereocenters. The third-order valence-corrected chi connectivity index (χ3v) is 4.58. The number of aromatic nitrogens is 4. The van der Waals surface area contributed by atoms with Gasteiger partial charge in [0.15, 0.2) is 5.82 Å². The van der Waals surface area contributed by atoms with Gasteiger partial charge in [0.05, 0.1) is 30.4 Å². The molecule has 4 rings (SSSR count). The number of hydrogen-bond acceptors (Lipinski definition) is 8. The van der Waals surface area contributed by atoms with E-state index in [1.54, 1.807) is 6.92 Å². The van der Waals surface area contributed by atoms with E-state index in [1.807, 2.05) is 18.2 Å². The van der Waals surface area contributed by atoms with Crippen molar-refractivity contribution < 1.29 is 9.63 Å². The van der Waals surface area contributed by atoms with Gasteiger partial charge in [0.1, 0.15) is 0 Å². The highest BCUT2D eigenvalue weighted by Gasteiger charge is 2.21. The smallest absolute Gasteiger partial charge is 0.324 e. The van der Waals surface area contributed by atoms with E-state index in [4.69, 9.17) is 9.63 Å². The predicted octanol–water partition coefficient (Wildman–Crippen LogP) is 0.407. The summed E-state index contributed by atoms with van der Waals surface area (Å²) in [6.45, 7) is 5.16. The van der Waals surface area contributed by atoms with Crippen LogP contribution in [0.4, 0.5) is 11.7 Å². The lowest BCUT2D eigenvalue weighted by Gasteiger charge is -2.35. The molecule has 0 atom stereocenters. The first-order chi connectivity index (χ1) is 12.7. The number of aliphatic hydroxyl groups excluding tert-OH is 1. The zero-order chi connectivity index (χ0) is 18.1. The molecule has 1 fully saturated rings. The molecule has 9 heteroatoms. The number of benzene rings is 1. The Hall–Kier alpha value is -2.94. The second-order valence-electron chi connectivity index (χ2n) is 6.27. The van der Waals surface area contributed by atoms with Gasteiger partial charge >= 0.3 is 6.01 Å². The summed E-state index contributed by atoms with van der Waals surface area (Å²) >= 11 is 0. The molecular weight excluding hydrogens is 336 g/mol. The standard InChI is InChI=1S/C17H20N6O3/c1-12-19-17(26-20-12)22-6-4-21(5-7-22)13-2-3-14-15(10-13)18-11-23(8-9-24)16(14)25/h2-3,10-11,24H,4-9H2,1H3. The molecular formula is C17H20N6O3. The molecule has 0 saturated carbocycles. The van der Waals surface area contributed by atoms with Gasteiger partial charge in [-0.25, -0.2) is 4.98 Å². The molecule has 0 radical (unpaired) electrons. The SMILES string of the molecule is Cc1noc(N2CCN(c3ccc4c(=O)n(CCO)cnc4c3)CC2)n1. The average molecular weight is 356 g/mol. The van der Waals surface area contributed by atoms with Gasteiger partial charge in [0.25, 0.3) is 5.56 Å². The molecule has 1 aliphatic rings. The van der Waals surface area contributed by atoms with Crippen molar-refractivity contribution in [1.29, 1.82) is 0 Å². The van der Waals surface area contributed by atoms with Gasteiger partial charge in [-0.15, -0.1) is 0 Å². The van der Waals surface area contributed by atoms with Crippen LogP contribution in [-0.2, 0) is 6.54 Å². The monoisotopic (exact) mass is 356 g/mol. The third-order valence-electron chi connectivity index (χ3n) is 4.58. The highest BCUT2D eigenvalue weighted by atomic mass is 16.5. The molecule has 1 saturated heterocycles. The van der Waals surface area contributed by atoms with Gasteiger partial charge in [0, 0.05) is 31.9 Å². The first-order valence-corrected chi connectivity index (χ1v) is 8.56. The number of piperazine rings is 1. The minimum absolute atomic E-state index is 0.0883. The minimum atomic E-state index is -0.132. The summed E-state index contributed by atoms with van der Waals surface area (Å²) in [5, 5.41) is 13.4. The summed E-state index contributed by atoms with van der Waals surface area (Å²) in [7, 11) is 0. The van der Waals surface area contributed by atoms with Crippen molar-refractivity contribution in [3.63, 3.8) is 0 Å². The maximum atomic E-state index is 12.4. The summed E-state index contributed by atoms with van der Waals surface area (Å²) in [6.07, 6.45) is 1.49. The Bertz CT molecular complexity index is 974. The predicted molar refractivity (Wildman–Crippen MR) is 96.5 cm³/mol. The van der Waals surface area contributed by atoms with Crippen LogP contribution < -0.4 is 15.4 Å². The normalized spacial score (nSPS) is 15.0. The molecule has 2 aromatic heterocycles. The average Bonchev–Trinajstić information content (AvgIpc) is 3.10. The van der Waals surface area contributed by atoms with Crippen molar-refractivity contribution in [1.82, 2.24) is 19.7 Å². The van der Waals surface area contributed by atoms with Crippen molar-refractivity contribution in [3.05, 3.63) is 40.7 Å². The van der Waals surface area contributed by atoms with Crippen molar-refractivity contribution in [3.8, 4) is 0 Å². The van der Waals surface area contributed by atoms with Crippen LogP contribution in [0.15, 0.2) is 33.8 Å². The van der Waals surface area contributed by atoms with Crippen LogP contribution in [0, 0.1) is 6.92 Å². The van der Waals surface area contributed by atoms with Crippen LogP contribution in [0.3, 0.4) is 0 Å². The number of nitrogens with zero attached hydrogens (tertiary/aromatic N) is 6. The highest BCUT2D eigenvalue weighted by Crippen LogP contribution is 2.22. The summed E-state index contributed by atoms with van der Waals surface area (Å²) in [5.41, 5.74) is 1.56. The van der Waals surface area contributed by atoms with E-state index in [0.29, 0.717) is 22.7 Å². The first-order valence-electron chi connectivity index (χ1n) is 8.56. The number of fused-ring (bicyclic) bond motifs is 1. The Morgan fingerprint density at radius 1 is 1.19 bits per heavy atom. The number of aryl methyl sites for hydroxylation is 1. The summed E-state index contributed by atoms with van der Waals surface area (Å²) < 4.78 is 6.65. The second-order valence-corrected chi connectivity index (χ2v) is 6.27. The van der Waals surface area contributed by atoms with Crippen LogP contribution in [0.5, 0.6) is 0 Å². The fourth-order valence-electron chi connectivity index (χ4n) is 3.18. The van der Waals surface area contributed by atoms with Crippen LogP contribution >= 0.6 is 0 Å². The zero-order valence-electron chi connectivity index (χ0n) is 14.5. The molecule has 3 aromatic rings.